The molecule has 0 heterocycles. The maximum absolute atomic E-state index is 10.8. The summed E-state index contributed by atoms with van der Waals surface area (Å²) in [6.45, 7) is 3.12. The van der Waals surface area contributed by atoms with E-state index in [9.17, 15) is 10.1 Å². The second kappa shape index (κ2) is 6.07. The van der Waals surface area contributed by atoms with Gasteiger partial charge in [0.15, 0.2) is 5.75 Å². The third kappa shape index (κ3) is 3.20. The molecular weight excluding hydrogens is 208 g/mol. The van der Waals surface area contributed by atoms with Gasteiger partial charge in [0, 0.05) is 12.6 Å². The molecule has 88 valence electrons. The standard InChI is InChI=1S/C11H16N2O3/c1-3-6-16-11-7-9(8-12-2)4-5-10(11)13(14)15/h4-5,7,12H,3,6,8H2,1-2H3. The summed E-state index contributed by atoms with van der Waals surface area (Å²) in [5.41, 5.74) is 0.993. The van der Waals surface area contributed by atoms with Gasteiger partial charge in [0.2, 0.25) is 0 Å². The molecule has 5 heteroatoms. The summed E-state index contributed by atoms with van der Waals surface area (Å²) < 4.78 is 5.37. The first-order valence-corrected chi connectivity index (χ1v) is 5.23. The average molecular weight is 224 g/mol. The zero-order valence-corrected chi connectivity index (χ0v) is 9.53. The van der Waals surface area contributed by atoms with E-state index in [4.69, 9.17) is 4.74 Å². The molecule has 1 aromatic carbocycles. The highest BCUT2D eigenvalue weighted by molar-refractivity contribution is 5.48. The Kier molecular flexibility index (Phi) is 4.72. The van der Waals surface area contributed by atoms with Gasteiger partial charge in [-0.15, -0.1) is 0 Å². The molecule has 16 heavy (non-hydrogen) atoms. The molecule has 0 atom stereocenters. The molecule has 0 radical (unpaired) electrons. The second-order valence-corrected chi connectivity index (χ2v) is 3.44. The van der Waals surface area contributed by atoms with Gasteiger partial charge in [0.25, 0.3) is 0 Å². The summed E-state index contributed by atoms with van der Waals surface area (Å²) in [7, 11) is 1.83. The molecule has 1 aromatic rings. The van der Waals surface area contributed by atoms with Gasteiger partial charge < -0.3 is 10.1 Å². The molecule has 0 fully saturated rings. The van der Waals surface area contributed by atoms with Crippen molar-refractivity contribution in [1.82, 2.24) is 5.32 Å². The van der Waals surface area contributed by atoms with Crippen molar-refractivity contribution in [3.05, 3.63) is 33.9 Å². The molecule has 1 rings (SSSR count). The van der Waals surface area contributed by atoms with Crippen LogP contribution in [0, 0.1) is 10.1 Å². The molecule has 0 aliphatic carbocycles. The lowest BCUT2D eigenvalue weighted by atomic mass is 10.2. The van der Waals surface area contributed by atoms with E-state index < -0.39 is 4.92 Å². The van der Waals surface area contributed by atoms with Crippen molar-refractivity contribution in [3.63, 3.8) is 0 Å². The van der Waals surface area contributed by atoms with Gasteiger partial charge in [-0.25, -0.2) is 0 Å². The number of hydrogen-bond acceptors (Lipinski definition) is 4. The van der Waals surface area contributed by atoms with Crippen LogP contribution in [0.25, 0.3) is 0 Å². The summed E-state index contributed by atoms with van der Waals surface area (Å²) in [5, 5.41) is 13.8. The van der Waals surface area contributed by atoms with E-state index in [1.54, 1.807) is 12.1 Å². The summed E-state index contributed by atoms with van der Waals surface area (Å²) in [6.07, 6.45) is 0.827. The van der Waals surface area contributed by atoms with Crippen LogP contribution in [0.2, 0.25) is 0 Å². The highest BCUT2D eigenvalue weighted by Gasteiger charge is 2.15. The third-order valence-electron chi connectivity index (χ3n) is 2.06. The van der Waals surface area contributed by atoms with Crippen molar-refractivity contribution in [2.45, 2.75) is 19.9 Å². The van der Waals surface area contributed by atoms with Crippen LogP contribution in [0.5, 0.6) is 5.75 Å². The van der Waals surface area contributed by atoms with Crippen LogP contribution >= 0.6 is 0 Å². The maximum atomic E-state index is 10.8. The summed E-state index contributed by atoms with van der Waals surface area (Å²) >= 11 is 0. The molecule has 0 aliphatic heterocycles. The van der Waals surface area contributed by atoms with E-state index in [1.807, 2.05) is 14.0 Å². The molecule has 1 N–H and O–H groups in total. The van der Waals surface area contributed by atoms with E-state index in [0.717, 1.165) is 12.0 Å². The largest absolute Gasteiger partial charge is 0.487 e. The van der Waals surface area contributed by atoms with Gasteiger partial charge in [0.1, 0.15) is 0 Å². The van der Waals surface area contributed by atoms with Crippen molar-refractivity contribution < 1.29 is 9.66 Å². The number of ether oxygens (including phenoxy) is 1. The first kappa shape index (κ1) is 12.4. The van der Waals surface area contributed by atoms with E-state index >= 15 is 0 Å². The quantitative estimate of drug-likeness (QED) is 0.593. The van der Waals surface area contributed by atoms with Crippen molar-refractivity contribution in [2.75, 3.05) is 13.7 Å². The molecule has 0 unspecified atom stereocenters. The minimum atomic E-state index is -0.422. The average Bonchev–Trinajstić information content (AvgIpc) is 2.26. The molecule has 0 spiro atoms. The van der Waals surface area contributed by atoms with Crippen LogP contribution in [-0.4, -0.2) is 18.6 Å². The van der Waals surface area contributed by atoms with Crippen molar-refractivity contribution in [3.8, 4) is 5.75 Å². The summed E-state index contributed by atoms with van der Waals surface area (Å²) in [6, 6.07) is 4.93. The highest BCUT2D eigenvalue weighted by atomic mass is 16.6. The predicted molar refractivity (Wildman–Crippen MR) is 61.6 cm³/mol. The lowest BCUT2D eigenvalue weighted by Crippen LogP contribution is -2.06. The smallest absolute Gasteiger partial charge is 0.310 e. The summed E-state index contributed by atoms with van der Waals surface area (Å²) in [5.74, 6) is 0.347. The Morgan fingerprint density at radius 2 is 2.25 bits per heavy atom. The fraction of sp³-hybridized carbons (Fsp3) is 0.455. The first-order chi connectivity index (χ1) is 7.69. The van der Waals surface area contributed by atoms with Crippen LogP contribution in [0.15, 0.2) is 18.2 Å². The molecule has 5 nitrogen and oxygen atoms in total. The number of benzene rings is 1. The van der Waals surface area contributed by atoms with E-state index in [-0.39, 0.29) is 5.69 Å². The van der Waals surface area contributed by atoms with Gasteiger partial charge in [0.05, 0.1) is 11.5 Å². The van der Waals surface area contributed by atoms with E-state index in [2.05, 4.69) is 5.32 Å². The number of hydrogen-bond donors (Lipinski definition) is 1. The minimum absolute atomic E-state index is 0.0216. The number of nitro groups is 1. The highest BCUT2D eigenvalue weighted by Crippen LogP contribution is 2.28. The molecule has 0 amide bonds. The van der Waals surface area contributed by atoms with E-state index in [0.29, 0.717) is 18.9 Å². The first-order valence-electron chi connectivity index (χ1n) is 5.23. The predicted octanol–water partition coefficient (Wildman–Crippen LogP) is 2.10. The Balaban J connectivity index is 2.95. The molecule has 0 saturated carbocycles. The van der Waals surface area contributed by atoms with Crippen LogP contribution in [0.1, 0.15) is 18.9 Å². The van der Waals surface area contributed by atoms with Gasteiger partial charge in [-0.3, -0.25) is 10.1 Å². The lowest BCUT2D eigenvalue weighted by Gasteiger charge is -2.07. The zero-order chi connectivity index (χ0) is 12.0. The monoisotopic (exact) mass is 224 g/mol. The van der Waals surface area contributed by atoms with Crippen LogP contribution in [-0.2, 0) is 6.54 Å². The van der Waals surface area contributed by atoms with E-state index in [1.165, 1.54) is 6.07 Å². The topological polar surface area (TPSA) is 64.4 Å². The van der Waals surface area contributed by atoms with Gasteiger partial charge in [-0.1, -0.05) is 13.0 Å². The number of nitro benzene ring substituents is 1. The molecule has 0 aromatic heterocycles. The van der Waals surface area contributed by atoms with Gasteiger partial charge in [-0.05, 0) is 25.1 Å². The molecule has 0 bridgehead atoms. The third-order valence-corrected chi connectivity index (χ3v) is 2.06. The Bertz CT molecular complexity index is 366. The fourth-order valence-corrected chi connectivity index (χ4v) is 1.35. The number of nitrogens with zero attached hydrogens (tertiary/aromatic N) is 1. The molecule has 0 saturated heterocycles. The number of rotatable bonds is 6. The van der Waals surface area contributed by atoms with Gasteiger partial charge >= 0.3 is 5.69 Å². The summed E-state index contributed by atoms with van der Waals surface area (Å²) in [4.78, 5) is 10.3. The Labute approximate surface area is 94.6 Å². The van der Waals surface area contributed by atoms with Crippen LogP contribution in [0.4, 0.5) is 5.69 Å². The Morgan fingerprint density at radius 3 is 2.81 bits per heavy atom. The Morgan fingerprint density at radius 1 is 1.50 bits per heavy atom. The normalized spacial score (nSPS) is 10.1. The minimum Gasteiger partial charge on any atom is -0.487 e. The Hall–Kier alpha value is -1.62. The van der Waals surface area contributed by atoms with Gasteiger partial charge in [-0.2, -0.15) is 0 Å². The lowest BCUT2D eigenvalue weighted by molar-refractivity contribution is -0.385. The SMILES string of the molecule is CCCOc1cc(CNC)ccc1[N+](=O)[O-]. The molecule has 0 aliphatic rings. The van der Waals surface area contributed by atoms with Crippen molar-refractivity contribution in [1.29, 1.82) is 0 Å². The fourth-order valence-electron chi connectivity index (χ4n) is 1.35. The number of nitrogens with one attached hydrogen (secondary N) is 1. The maximum Gasteiger partial charge on any atom is 0.310 e. The van der Waals surface area contributed by atoms with Crippen LogP contribution < -0.4 is 10.1 Å². The zero-order valence-electron chi connectivity index (χ0n) is 9.53. The second-order valence-electron chi connectivity index (χ2n) is 3.44. The van der Waals surface area contributed by atoms with Crippen molar-refractivity contribution in [2.24, 2.45) is 0 Å². The molecular formula is C11H16N2O3. The van der Waals surface area contributed by atoms with Crippen LogP contribution in [0.3, 0.4) is 0 Å². The van der Waals surface area contributed by atoms with Crippen molar-refractivity contribution >= 4 is 5.69 Å².